The van der Waals surface area contributed by atoms with Gasteiger partial charge >= 0.3 is 0 Å². The normalized spacial score (nSPS) is 17.0. The zero-order valence-corrected chi connectivity index (χ0v) is 16.9. The van der Waals surface area contributed by atoms with E-state index in [1.807, 2.05) is 18.2 Å². The topological polar surface area (TPSA) is 67.4 Å². The van der Waals surface area contributed by atoms with Gasteiger partial charge < -0.3 is 10.1 Å². The lowest BCUT2D eigenvalue weighted by Crippen LogP contribution is -2.21. The van der Waals surface area contributed by atoms with Gasteiger partial charge in [0, 0.05) is 17.8 Å². The summed E-state index contributed by atoms with van der Waals surface area (Å²) in [5.74, 6) is 0.250. The Labute approximate surface area is 165 Å². The summed E-state index contributed by atoms with van der Waals surface area (Å²) in [5, 5.41) is 3.48. The molecule has 2 aromatic carbocycles. The molecule has 0 spiro atoms. The highest BCUT2D eigenvalue weighted by molar-refractivity contribution is 7.92. The number of halogens is 1. The fourth-order valence-electron chi connectivity index (χ4n) is 3.23. The number of ether oxygens (including phenoxy) is 1. The second kappa shape index (κ2) is 8.65. The van der Waals surface area contributed by atoms with E-state index in [9.17, 15) is 12.8 Å². The Kier molecular flexibility index (Phi) is 6.24. The van der Waals surface area contributed by atoms with Gasteiger partial charge in [0.1, 0.15) is 11.6 Å². The van der Waals surface area contributed by atoms with Gasteiger partial charge in [-0.25, -0.2) is 12.8 Å². The maximum absolute atomic E-state index is 13.1. The minimum Gasteiger partial charge on any atom is -0.494 e. The lowest BCUT2D eigenvalue weighted by molar-refractivity contribution is 0.417. The van der Waals surface area contributed by atoms with Gasteiger partial charge in [0.15, 0.2) is 0 Å². The zero-order chi connectivity index (χ0) is 20.1. The van der Waals surface area contributed by atoms with E-state index in [0.29, 0.717) is 11.4 Å². The van der Waals surface area contributed by atoms with Crippen molar-refractivity contribution in [2.24, 2.45) is 0 Å². The molecule has 0 aromatic heterocycles. The van der Waals surface area contributed by atoms with Crippen LogP contribution in [0.1, 0.15) is 31.7 Å². The maximum atomic E-state index is 13.1. The van der Waals surface area contributed by atoms with Crippen LogP contribution in [0.4, 0.5) is 15.8 Å². The van der Waals surface area contributed by atoms with Crippen LogP contribution in [-0.2, 0) is 10.0 Å². The Morgan fingerprint density at radius 1 is 1.18 bits per heavy atom. The molecule has 150 valence electrons. The Balaban J connectivity index is 1.67. The number of rotatable bonds is 7. The second-order valence-corrected chi connectivity index (χ2v) is 8.78. The second-order valence-electron chi connectivity index (χ2n) is 6.77. The van der Waals surface area contributed by atoms with Crippen LogP contribution in [0.5, 0.6) is 5.75 Å². The Hall–Kier alpha value is -2.54. The van der Waals surface area contributed by atoms with Crippen LogP contribution in [0, 0.1) is 5.82 Å². The first-order valence-corrected chi connectivity index (χ1v) is 11.0. The minimum atomic E-state index is -3.36. The average molecular weight is 405 g/mol. The van der Waals surface area contributed by atoms with E-state index in [-0.39, 0.29) is 17.6 Å². The molecule has 3 rings (SSSR count). The monoisotopic (exact) mass is 404 g/mol. The summed E-state index contributed by atoms with van der Waals surface area (Å²) in [5.41, 5.74) is 3.60. The van der Waals surface area contributed by atoms with Crippen LogP contribution < -0.4 is 14.8 Å². The highest BCUT2D eigenvalue weighted by Crippen LogP contribution is 2.32. The summed E-state index contributed by atoms with van der Waals surface area (Å²) in [6.07, 6.45) is 4.92. The number of methoxy groups -OCH3 is 1. The molecule has 0 radical (unpaired) electrons. The first-order chi connectivity index (χ1) is 13.4. The zero-order valence-electron chi connectivity index (χ0n) is 16.0. The third-order valence-corrected chi connectivity index (χ3v) is 6.13. The van der Waals surface area contributed by atoms with E-state index in [1.165, 1.54) is 24.8 Å². The Morgan fingerprint density at radius 2 is 1.93 bits per heavy atom. The van der Waals surface area contributed by atoms with Crippen LogP contribution in [-0.4, -0.2) is 27.3 Å². The maximum Gasteiger partial charge on any atom is 0.232 e. The van der Waals surface area contributed by atoms with Crippen LogP contribution in [0.3, 0.4) is 0 Å². The molecule has 5 nitrogen and oxygen atoms in total. The standard InChI is InChI=1S/C21H25FN2O3S/c1-3-28(25,26)24-20-13-12-19(14-21(20)27-2)23-18-10-6-16(7-11-18)15-4-8-17(22)9-5-15/h4-6,8-9,12-14,18,23-24H,3,7,10-11H2,1-2H3. The molecule has 1 atom stereocenters. The summed E-state index contributed by atoms with van der Waals surface area (Å²) < 4.78 is 44.5. The number of sulfonamides is 1. The number of allylic oxidation sites excluding steroid dienone is 1. The van der Waals surface area contributed by atoms with Crippen LogP contribution in [0.2, 0.25) is 0 Å². The smallest absolute Gasteiger partial charge is 0.232 e. The number of hydrogen-bond donors (Lipinski definition) is 2. The Bertz CT molecular complexity index is 956. The van der Waals surface area contributed by atoms with Crippen molar-refractivity contribution in [1.82, 2.24) is 0 Å². The van der Waals surface area contributed by atoms with Crippen molar-refractivity contribution in [3.63, 3.8) is 0 Å². The molecule has 0 amide bonds. The van der Waals surface area contributed by atoms with Crippen LogP contribution in [0.15, 0.2) is 48.5 Å². The van der Waals surface area contributed by atoms with Crippen molar-refractivity contribution in [3.8, 4) is 5.75 Å². The number of anilines is 2. The van der Waals surface area contributed by atoms with Crippen LogP contribution in [0.25, 0.3) is 5.57 Å². The molecule has 2 N–H and O–H groups in total. The van der Waals surface area contributed by atoms with E-state index in [2.05, 4.69) is 16.1 Å². The van der Waals surface area contributed by atoms with Crippen LogP contribution >= 0.6 is 0 Å². The van der Waals surface area contributed by atoms with Gasteiger partial charge in [-0.3, -0.25) is 4.72 Å². The summed E-state index contributed by atoms with van der Waals surface area (Å²) in [4.78, 5) is 0. The van der Waals surface area contributed by atoms with Gasteiger partial charge in [0.25, 0.3) is 0 Å². The number of nitrogens with one attached hydrogen (secondary N) is 2. The predicted octanol–water partition coefficient (Wildman–Crippen LogP) is 4.64. The first kappa shape index (κ1) is 20.2. The van der Waals surface area contributed by atoms with E-state index < -0.39 is 10.0 Å². The molecule has 28 heavy (non-hydrogen) atoms. The van der Waals surface area contributed by atoms with Crippen molar-refractivity contribution >= 4 is 27.0 Å². The fourth-order valence-corrected chi connectivity index (χ4v) is 3.88. The predicted molar refractivity (Wildman–Crippen MR) is 112 cm³/mol. The van der Waals surface area contributed by atoms with Gasteiger partial charge in [0.2, 0.25) is 10.0 Å². The Morgan fingerprint density at radius 3 is 2.54 bits per heavy atom. The summed E-state index contributed by atoms with van der Waals surface area (Å²) in [7, 11) is -1.85. The molecule has 1 unspecified atom stereocenters. The molecule has 0 aliphatic heterocycles. The molecular formula is C21H25FN2O3S. The van der Waals surface area contributed by atoms with Gasteiger partial charge in [0.05, 0.1) is 18.6 Å². The fraction of sp³-hybridized carbons (Fsp3) is 0.333. The third kappa shape index (κ3) is 5.04. The molecule has 0 bridgehead atoms. The molecule has 0 saturated carbocycles. The molecule has 0 saturated heterocycles. The minimum absolute atomic E-state index is 0.000946. The summed E-state index contributed by atoms with van der Waals surface area (Å²) in [6, 6.07) is 12.2. The van der Waals surface area contributed by atoms with Crippen molar-refractivity contribution in [1.29, 1.82) is 0 Å². The van der Waals surface area contributed by atoms with E-state index in [4.69, 9.17) is 4.74 Å². The number of hydrogen-bond acceptors (Lipinski definition) is 4. The quantitative estimate of drug-likeness (QED) is 0.705. The van der Waals surface area contributed by atoms with Gasteiger partial charge in [-0.05, 0) is 61.6 Å². The van der Waals surface area contributed by atoms with E-state index in [1.54, 1.807) is 19.1 Å². The summed E-state index contributed by atoms with van der Waals surface area (Å²) >= 11 is 0. The molecule has 7 heteroatoms. The largest absolute Gasteiger partial charge is 0.494 e. The molecule has 2 aromatic rings. The lowest BCUT2D eigenvalue weighted by atomic mass is 9.90. The lowest BCUT2D eigenvalue weighted by Gasteiger charge is -2.25. The highest BCUT2D eigenvalue weighted by atomic mass is 32.2. The number of benzene rings is 2. The van der Waals surface area contributed by atoms with Crippen molar-refractivity contribution in [2.75, 3.05) is 22.9 Å². The molecular weight excluding hydrogens is 379 g/mol. The summed E-state index contributed by atoms with van der Waals surface area (Å²) in [6.45, 7) is 1.58. The van der Waals surface area contributed by atoms with E-state index >= 15 is 0 Å². The van der Waals surface area contributed by atoms with Crippen molar-refractivity contribution in [3.05, 3.63) is 59.9 Å². The van der Waals surface area contributed by atoms with Gasteiger partial charge in [-0.2, -0.15) is 0 Å². The first-order valence-electron chi connectivity index (χ1n) is 9.30. The van der Waals surface area contributed by atoms with Gasteiger partial charge in [-0.15, -0.1) is 0 Å². The molecule has 0 fully saturated rings. The highest BCUT2D eigenvalue weighted by Gasteiger charge is 2.17. The van der Waals surface area contributed by atoms with Gasteiger partial charge in [-0.1, -0.05) is 18.2 Å². The van der Waals surface area contributed by atoms with Crippen molar-refractivity contribution in [2.45, 2.75) is 32.2 Å². The third-order valence-electron chi connectivity index (χ3n) is 4.84. The SMILES string of the molecule is CCS(=O)(=O)Nc1ccc(NC2CC=C(c3ccc(F)cc3)CC2)cc1OC. The molecule has 1 aliphatic rings. The average Bonchev–Trinajstić information content (AvgIpc) is 2.70. The molecule has 1 aliphatic carbocycles. The van der Waals surface area contributed by atoms with E-state index in [0.717, 1.165) is 30.5 Å². The van der Waals surface area contributed by atoms with Crippen molar-refractivity contribution < 1.29 is 17.5 Å². The molecule has 0 heterocycles.